The van der Waals surface area contributed by atoms with E-state index in [1.807, 2.05) is 42.5 Å². The smallest absolute Gasteiger partial charge is 0.123 e. The Morgan fingerprint density at radius 3 is 1.94 bits per heavy atom. The average Bonchev–Trinajstić information content (AvgIpc) is 2.81. The zero-order valence-corrected chi connectivity index (χ0v) is 18.7. The van der Waals surface area contributed by atoms with Crippen molar-refractivity contribution in [3.8, 4) is 5.75 Å². The summed E-state index contributed by atoms with van der Waals surface area (Å²) in [4.78, 5) is 0. The standard InChI is InChI=1S/C26H25Cl2FO2/c27-15-14-25(20-4-2-1-3-5-20)26(21-6-10-23(29)11-7-21)22-8-12-24(13-9-22)31-19-18-30-17-16-28/h1-13H,14-19H2/b26-25+. The van der Waals surface area contributed by atoms with Crippen molar-refractivity contribution >= 4 is 34.3 Å². The molecule has 3 aromatic carbocycles. The summed E-state index contributed by atoms with van der Waals surface area (Å²) in [5, 5.41) is 0. The van der Waals surface area contributed by atoms with E-state index in [-0.39, 0.29) is 5.82 Å². The number of benzene rings is 3. The van der Waals surface area contributed by atoms with Crippen molar-refractivity contribution in [2.45, 2.75) is 6.42 Å². The highest BCUT2D eigenvalue weighted by molar-refractivity contribution is 6.19. The van der Waals surface area contributed by atoms with E-state index in [0.29, 0.717) is 38.0 Å². The van der Waals surface area contributed by atoms with Crippen molar-refractivity contribution in [1.82, 2.24) is 0 Å². The highest BCUT2D eigenvalue weighted by Crippen LogP contribution is 2.35. The molecule has 0 heterocycles. The van der Waals surface area contributed by atoms with E-state index in [9.17, 15) is 4.39 Å². The van der Waals surface area contributed by atoms with Crippen molar-refractivity contribution in [1.29, 1.82) is 0 Å². The van der Waals surface area contributed by atoms with Crippen LogP contribution in [0.3, 0.4) is 0 Å². The van der Waals surface area contributed by atoms with Crippen LogP contribution < -0.4 is 4.74 Å². The fraction of sp³-hybridized carbons (Fsp3) is 0.231. The first-order chi connectivity index (χ1) is 15.2. The molecule has 0 aliphatic rings. The highest BCUT2D eigenvalue weighted by atomic mass is 35.5. The van der Waals surface area contributed by atoms with Crippen molar-refractivity contribution < 1.29 is 13.9 Å². The molecule has 0 bridgehead atoms. The largest absolute Gasteiger partial charge is 0.491 e. The lowest BCUT2D eigenvalue weighted by atomic mass is 9.88. The van der Waals surface area contributed by atoms with Gasteiger partial charge in [-0.3, -0.25) is 0 Å². The molecule has 0 amide bonds. The second-order valence-electron chi connectivity index (χ2n) is 6.84. The summed E-state index contributed by atoms with van der Waals surface area (Å²) in [6, 6.07) is 24.6. The molecule has 0 saturated heterocycles. The molecule has 3 aromatic rings. The third kappa shape index (κ3) is 6.83. The van der Waals surface area contributed by atoms with Gasteiger partial charge in [-0.15, -0.1) is 23.2 Å². The predicted octanol–water partition coefficient (Wildman–Crippen LogP) is 7.05. The zero-order valence-electron chi connectivity index (χ0n) is 17.2. The average molecular weight is 459 g/mol. The minimum Gasteiger partial charge on any atom is -0.491 e. The van der Waals surface area contributed by atoms with Crippen LogP contribution in [-0.2, 0) is 4.74 Å². The Bertz CT molecular complexity index is 955. The number of allylic oxidation sites excluding steroid dienone is 1. The highest BCUT2D eigenvalue weighted by Gasteiger charge is 2.14. The molecule has 5 heteroatoms. The zero-order chi connectivity index (χ0) is 21.9. The summed E-state index contributed by atoms with van der Waals surface area (Å²) in [6.07, 6.45) is 0.689. The van der Waals surface area contributed by atoms with Crippen molar-refractivity contribution in [2.75, 3.05) is 31.6 Å². The molecule has 0 N–H and O–H groups in total. The molecule has 0 aliphatic heterocycles. The fourth-order valence-electron chi connectivity index (χ4n) is 3.37. The first kappa shape index (κ1) is 23.3. The van der Waals surface area contributed by atoms with Crippen LogP contribution in [0, 0.1) is 5.82 Å². The van der Waals surface area contributed by atoms with Gasteiger partial charge in [0.2, 0.25) is 0 Å². The Hall–Kier alpha value is -2.33. The number of hydrogen-bond donors (Lipinski definition) is 0. The first-order valence-corrected chi connectivity index (χ1v) is 11.3. The summed E-state index contributed by atoms with van der Waals surface area (Å²) >= 11 is 11.8. The van der Waals surface area contributed by atoms with E-state index >= 15 is 0 Å². The molecule has 162 valence electrons. The van der Waals surface area contributed by atoms with Gasteiger partial charge in [-0.2, -0.15) is 0 Å². The van der Waals surface area contributed by atoms with Crippen molar-refractivity contribution in [3.05, 3.63) is 101 Å². The van der Waals surface area contributed by atoms with Gasteiger partial charge in [-0.1, -0.05) is 54.6 Å². The van der Waals surface area contributed by atoms with Crippen molar-refractivity contribution in [2.24, 2.45) is 0 Å². The van der Waals surface area contributed by atoms with E-state index in [2.05, 4.69) is 12.1 Å². The maximum absolute atomic E-state index is 13.6. The number of alkyl halides is 2. The molecule has 0 radical (unpaired) electrons. The minimum atomic E-state index is -0.262. The van der Waals surface area contributed by atoms with Gasteiger partial charge >= 0.3 is 0 Å². The summed E-state index contributed by atoms with van der Waals surface area (Å²) in [5.41, 5.74) is 5.20. The Labute approximate surface area is 193 Å². The van der Waals surface area contributed by atoms with Gasteiger partial charge < -0.3 is 9.47 Å². The summed E-state index contributed by atoms with van der Waals surface area (Å²) < 4.78 is 24.7. The molecule has 0 aliphatic carbocycles. The maximum Gasteiger partial charge on any atom is 0.123 e. The molecular formula is C26H25Cl2FO2. The van der Waals surface area contributed by atoms with Crippen LogP contribution >= 0.6 is 23.2 Å². The molecule has 0 fully saturated rings. The van der Waals surface area contributed by atoms with Gasteiger partial charge in [-0.25, -0.2) is 4.39 Å². The third-order valence-corrected chi connectivity index (χ3v) is 5.11. The topological polar surface area (TPSA) is 18.5 Å². The second-order valence-corrected chi connectivity index (χ2v) is 7.60. The molecule has 0 aromatic heterocycles. The minimum absolute atomic E-state index is 0.262. The first-order valence-electron chi connectivity index (χ1n) is 10.2. The van der Waals surface area contributed by atoms with Crippen LogP contribution in [-0.4, -0.2) is 31.6 Å². The summed E-state index contributed by atoms with van der Waals surface area (Å²) in [6.45, 7) is 1.46. The number of rotatable bonds is 11. The number of halogens is 3. The van der Waals surface area contributed by atoms with Gasteiger partial charge in [0.05, 0.1) is 13.2 Å². The van der Waals surface area contributed by atoms with Crippen LogP contribution in [0.15, 0.2) is 78.9 Å². The number of ether oxygens (including phenoxy) is 2. The van der Waals surface area contributed by atoms with E-state index in [4.69, 9.17) is 32.7 Å². The SMILES string of the molecule is Fc1ccc(/C(=C(/CCCl)c2ccccc2)c2ccc(OCCOCCCl)cc2)cc1. The normalized spacial score (nSPS) is 11.8. The van der Waals surface area contributed by atoms with Crippen LogP contribution in [0.4, 0.5) is 4.39 Å². The van der Waals surface area contributed by atoms with Gasteiger partial charge in [0.15, 0.2) is 0 Å². The quantitative estimate of drug-likeness (QED) is 0.174. The van der Waals surface area contributed by atoms with Gasteiger partial charge in [0, 0.05) is 11.8 Å². The molecule has 2 nitrogen and oxygen atoms in total. The monoisotopic (exact) mass is 458 g/mol. The lowest BCUT2D eigenvalue weighted by Crippen LogP contribution is -2.08. The third-order valence-electron chi connectivity index (χ3n) is 4.76. The molecular weight excluding hydrogens is 434 g/mol. The summed E-state index contributed by atoms with van der Waals surface area (Å²) in [5.74, 6) is 1.45. The van der Waals surface area contributed by atoms with Gasteiger partial charge in [0.1, 0.15) is 18.2 Å². The van der Waals surface area contributed by atoms with E-state index in [1.165, 1.54) is 12.1 Å². The van der Waals surface area contributed by atoms with Crippen LogP contribution in [0.5, 0.6) is 5.75 Å². The molecule has 3 rings (SSSR count). The lowest BCUT2D eigenvalue weighted by Gasteiger charge is -2.17. The van der Waals surface area contributed by atoms with Crippen LogP contribution in [0.1, 0.15) is 23.1 Å². The summed E-state index contributed by atoms with van der Waals surface area (Å²) in [7, 11) is 0. The van der Waals surface area contributed by atoms with Gasteiger partial charge in [-0.05, 0) is 58.5 Å². The lowest BCUT2D eigenvalue weighted by molar-refractivity contribution is 0.111. The van der Waals surface area contributed by atoms with E-state index in [0.717, 1.165) is 33.6 Å². The Kier molecular flexibility index (Phi) is 9.41. The maximum atomic E-state index is 13.6. The molecule has 0 saturated carbocycles. The number of hydrogen-bond acceptors (Lipinski definition) is 2. The van der Waals surface area contributed by atoms with E-state index < -0.39 is 0 Å². The predicted molar refractivity (Wildman–Crippen MR) is 128 cm³/mol. The second kappa shape index (κ2) is 12.5. The fourth-order valence-corrected chi connectivity index (χ4v) is 3.67. The molecule has 0 spiro atoms. The molecule has 31 heavy (non-hydrogen) atoms. The van der Waals surface area contributed by atoms with Gasteiger partial charge in [0.25, 0.3) is 0 Å². The Morgan fingerprint density at radius 1 is 0.677 bits per heavy atom. The Morgan fingerprint density at radius 2 is 1.32 bits per heavy atom. The molecule has 0 atom stereocenters. The molecule has 0 unspecified atom stereocenters. The van der Waals surface area contributed by atoms with E-state index in [1.54, 1.807) is 12.1 Å². The van der Waals surface area contributed by atoms with Crippen molar-refractivity contribution in [3.63, 3.8) is 0 Å². The van der Waals surface area contributed by atoms with Crippen LogP contribution in [0.25, 0.3) is 11.1 Å². The Balaban J connectivity index is 1.96. The van der Waals surface area contributed by atoms with Crippen LogP contribution in [0.2, 0.25) is 0 Å².